The molecule has 1 atom stereocenters. The van der Waals surface area contributed by atoms with Crippen LogP contribution in [-0.4, -0.2) is 96.2 Å². The van der Waals surface area contributed by atoms with Crippen molar-refractivity contribution in [2.75, 3.05) is 58.9 Å². The molecule has 0 aromatic heterocycles. The van der Waals surface area contributed by atoms with Crippen molar-refractivity contribution in [3.05, 3.63) is 83.4 Å². The third-order valence-electron chi connectivity index (χ3n) is 8.13. The molecule has 190 valence electrons. The summed E-state index contributed by atoms with van der Waals surface area (Å²) in [6.07, 6.45) is 1.02. The van der Waals surface area contributed by atoms with Gasteiger partial charge in [0.15, 0.2) is 0 Å². The van der Waals surface area contributed by atoms with Crippen molar-refractivity contribution in [2.45, 2.75) is 12.3 Å². The van der Waals surface area contributed by atoms with Crippen molar-refractivity contribution in [1.29, 1.82) is 0 Å². The van der Waals surface area contributed by atoms with E-state index >= 15 is 0 Å². The molecule has 0 aliphatic carbocycles. The highest BCUT2D eigenvalue weighted by molar-refractivity contribution is 6.25. The minimum atomic E-state index is -0.210. The normalized spacial score (nSPS) is 20.7. The van der Waals surface area contributed by atoms with Crippen LogP contribution in [-0.2, 0) is 4.79 Å². The Labute approximate surface area is 217 Å². The quantitative estimate of drug-likeness (QED) is 0.491. The summed E-state index contributed by atoms with van der Waals surface area (Å²) < 4.78 is 0. The van der Waals surface area contributed by atoms with Crippen molar-refractivity contribution in [1.82, 2.24) is 19.6 Å². The summed E-state index contributed by atoms with van der Waals surface area (Å²) in [4.78, 5) is 47.1. The molecule has 2 fully saturated rings. The first-order valence-electron chi connectivity index (χ1n) is 13.2. The first kappa shape index (κ1) is 23.8. The van der Waals surface area contributed by atoms with E-state index in [1.54, 1.807) is 0 Å². The fraction of sp³-hybridized carbons (Fsp3) is 0.367. The molecule has 0 spiro atoms. The molecule has 37 heavy (non-hydrogen) atoms. The van der Waals surface area contributed by atoms with Crippen molar-refractivity contribution < 1.29 is 14.4 Å². The number of rotatable bonds is 6. The zero-order valence-electron chi connectivity index (χ0n) is 21.0. The molecule has 2 saturated heterocycles. The van der Waals surface area contributed by atoms with E-state index in [0.717, 1.165) is 56.5 Å². The highest BCUT2D eigenvalue weighted by Gasteiger charge is 2.33. The average molecular weight is 497 g/mol. The summed E-state index contributed by atoms with van der Waals surface area (Å²) in [5.41, 5.74) is 2.53. The summed E-state index contributed by atoms with van der Waals surface area (Å²) in [7, 11) is 0. The number of carbonyl (C=O) groups is 3. The smallest absolute Gasteiger partial charge is 0.261 e. The topological polar surface area (TPSA) is 64.2 Å². The number of hydrogen-bond donors (Lipinski definition) is 0. The van der Waals surface area contributed by atoms with Gasteiger partial charge in [-0.15, -0.1) is 0 Å². The van der Waals surface area contributed by atoms with Crippen LogP contribution in [0.3, 0.4) is 0 Å². The first-order chi connectivity index (χ1) is 18.1. The minimum absolute atomic E-state index is 0.210. The third kappa shape index (κ3) is 4.65. The fourth-order valence-corrected chi connectivity index (χ4v) is 5.97. The third-order valence-corrected chi connectivity index (χ3v) is 8.13. The molecule has 0 bridgehead atoms. The van der Waals surface area contributed by atoms with Crippen molar-refractivity contribution in [2.24, 2.45) is 0 Å². The van der Waals surface area contributed by atoms with Gasteiger partial charge in [-0.25, -0.2) is 0 Å². The number of benzene rings is 3. The van der Waals surface area contributed by atoms with E-state index in [2.05, 4.69) is 34.1 Å². The van der Waals surface area contributed by atoms with Gasteiger partial charge in [0.25, 0.3) is 11.8 Å². The highest BCUT2D eigenvalue weighted by atomic mass is 16.2. The van der Waals surface area contributed by atoms with Crippen LogP contribution in [0.2, 0.25) is 0 Å². The summed E-state index contributed by atoms with van der Waals surface area (Å²) in [5, 5.41) is 1.69. The molecule has 0 radical (unpaired) electrons. The van der Waals surface area contributed by atoms with Gasteiger partial charge in [-0.3, -0.25) is 29.1 Å². The molecule has 3 amide bonds. The predicted octanol–water partition coefficient (Wildman–Crippen LogP) is 3.07. The standard InChI is InChI=1S/C30H32N4O3/c35-27(33-13-12-24(20-33)22-6-2-1-3-7-22)21-32-16-14-31(15-17-32)18-19-34-29(36)25-10-4-8-23-9-5-11-26(28(23)25)30(34)37/h1-11,24H,12-21H2/t24-/m1/s1. The molecular weight excluding hydrogens is 464 g/mol. The molecule has 3 aliphatic heterocycles. The van der Waals surface area contributed by atoms with E-state index in [1.807, 2.05) is 47.4 Å². The van der Waals surface area contributed by atoms with Crippen LogP contribution in [0.5, 0.6) is 0 Å². The molecule has 0 saturated carbocycles. The average Bonchev–Trinajstić information content (AvgIpc) is 3.44. The Morgan fingerprint density at radius 1 is 0.730 bits per heavy atom. The maximum absolute atomic E-state index is 13.1. The van der Waals surface area contributed by atoms with Crippen molar-refractivity contribution >= 4 is 28.5 Å². The van der Waals surface area contributed by atoms with Gasteiger partial charge in [-0.2, -0.15) is 0 Å². The van der Waals surface area contributed by atoms with E-state index in [1.165, 1.54) is 10.5 Å². The lowest BCUT2D eigenvalue weighted by Gasteiger charge is -2.36. The molecule has 3 aliphatic rings. The van der Waals surface area contributed by atoms with Gasteiger partial charge in [-0.05, 0) is 29.5 Å². The van der Waals surface area contributed by atoms with Crippen LogP contribution in [0, 0.1) is 0 Å². The Morgan fingerprint density at radius 2 is 1.38 bits per heavy atom. The zero-order valence-corrected chi connectivity index (χ0v) is 21.0. The molecule has 0 unspecified atom stereocenters. The van der Waals surface area contributed by atoms with Crippen LogP contribution < -0.4 is 0 Å². The van der Waals surface area contributed by atoms with Crippen molar-refractivity contribution in [3.8, 4) is 0 Å². The van der Waals surface area contributed by atoms with Gasteiger partial charge in [0.05, 0.1) is 6.54 Å². The summed E-state index contributed by atoms with van der Waals surface area (Å²) >= 11 is 0. The molecule has 3 heterocycles. The fourth-order valence-electron chi connectivity index (χ4n) is 5.97. The summed E-state index contributed by atoms with van der Waals surface area (Å²) in [5.74, 6) is 0.223. The van der Waals surface area contributed by atoms with Gasteiger partial charge in [0, 0.05) is 74.8 Å². The van der Waals surface area contributed by atoms with Gasteiger partial charge >= 0.3 is 0 Å². The summed E-state index contributed by atoms with van der Waals surface area (Å²) in [6.45, 7) is 6.37. The number of imide groups is 1. The van der Waals surface area contributed by atoms with Crippen LogP contribution in [0.4, 0.5) is 0 Å². The van der Waals surface area contributed by atoms with Gasteiger partial charge in [-0.1, -0.05) is 54.6 Å². The molecule has 7 heteroatoms. The van der Waals surface area contributed by atoms with E-state index in [0.29, 0.717) is 36.7 Å². The Morgan fingerprint density at radius 3 is 2.05 bits per heavy atom. The Bertz CT molecular complexity index is 1280. The van der Waals surface area contributed by atoms with Crippen molar-refractivity contribution in [3.63, 3.8) is 0 Å². The van der Waals surface area contributed by atoms with E-state index in [4.69, 9.17) is 0 Å². The highest BCUT2D eigenvalue weighted by Crippen LogP contribution is 2.30. The molecule has 3 aromatic carbocycles. The monoisotopic (exact) mass is 496 g/mol. The molecule has 6 rings (SSSR count). The number of piperazine rings is 1. The number of amides is 3. The maximum Gasteiger partial charge on any atom is 0.261 e. The molecule has 3 aromatic rings. The Kier molecular flexibility index (Phi) is 6.49. The van der Waals surface area contributed by atoms with E-state index in [9.17, 15) is 14.4 Å². The predicted molar refractivity (Wildman–Crippen MR) is 143 cm³/mol. The molecule has 0 N–H and O–H groups in total. The lowest BCUT2D eigenvalue weighted by molar-refractivity contribution is -0.131. The van der Waals surface area contributed by atoms with Crippen LogP contribution >= 0.6 is 0 Å². The lowest BCUT2D eigenvalue weighted by Crippen LogP contribution is -2.52. The number of carbonyl (C=O) groups excluding carboxylic acids is 3. The largest absolute Gasteiger partial charge is 0.341 e. The van der Waals surface area contributed by atoms with Gasteiger partial charge in [0.2, 0.25) is 5.91 Å². The number of nitrogens with zero attached hydrogens (tertiary/aromatic N) is 4. The minimum Gasteiger partial charge on any atom is -0.341 e. The maximum atomic E-state index is 13.1. The second kappa shape index (κ2) is 10.1. The van der Waals surface area contributed by atoms with Gasteiger partial charge in [0.1, 0.15) is 0 Å². The SMILES string of the molecule is O=C(CN1CCN(CCN2C(=O)c3cccc4cccc(c34)C2=O)CC1)N1CC[C@@H](c2ccccc2)C1. The summed E-state index contributed by atoms with van der Waals surface area (Å²) in [6, 6.07) is 21.7. The van der Waals surface area contributed by atoms with Gasteiger partial charge < -0.3 is 4.90 Å². The molecular formula is C30H32N4O3. The Balaban J connectivity index is 0.992. The van der Waals surface area contributed by atoms with Crippen LogP contribution in [0.1, 0.15) is 38.6 Å². The van der Waals surface area contributed by atoms with Crippen LogP contribution in [0.25, 0.3) is 10.8 Å². The zero-order chi connectivity index (χ0) is 25.4. The number of likely N-dealkylation sites (tertiary alicyclic amines) is 1. The van der Waals surface area contributed by atoms with E-state index < -0.39 is 0 Å². The van der Waals surface area contributed by atoms with E-state index in [-0.39, 0.29) is 17.7 Å². The Hall–Kier alpha value is -3.55. The van der Waals surface area contributed by atoms with Crippen LogP contribution in [0.15, 0.2) is 66.7 Å². The second-order valence-corrected chi connectivity index (χ2v) is 10.3. The second-order valence-electron chi connectivity index (χ2n) is 10.3. The lowest BCUT2D eigenvalue weighted by atomic mass is 9.94. The number of hydrogen-bond acceptors (Lipinski definition) is 5. The molecule has 7 nitrogen and oxygen atoms in total. The first-order valence-corrected chi connectivity index (χ1v) is 13.2.